The summed E-state index contributed by atoms with van der Waals surface area (Å²) in [7, 11) is 1.63. The molecular weight excluding hydrogens is 442 g/mol. The number of benzene rings is 3. The normalized spacial score (nSPS) is 15.7. The molecule has 1 atom stereocenters. The number of carbonyl (C=O) groups is 1. The maximum atomic E-state index is 12.6. The number of aromatic nitrogens is 1. The molecule has 6 heteroatoms. The molecule has 6 nitrogen and oxygen atoms in total. The molecule has 0 saturated carbocycles. The predicted octanol–water partition coefficient (Wildman–Crippen LogP) is 6.01. The van der Waals surface area contributed by atoms with Crippen molar-refractivity contribution in [3.05, 3.63) is 84.1 Å². The van der Waals surface area contributed by atoms with Gasteiger partial charge in [-0.15, -0.1) is 0 Å². The van der Waals surface area contributed by atoms with Crippen LogP contribution in [0.25, 0.3) is 22.0 Å². The fourth-order valence-corrected chi connectivity index (χ4v) is 4.78. The number of methoxy groups -OCH3 is 1. The van der Waals surface area contributed by atoms with Gasteiger partial charge >= 0.3 is 5.97 Å². The molecule has 180 valence electrons. The first-order chi connectivity index (χ1) is 17.1. The molecule has 1 N–H and O–H groups in total. The molecule has 0 spiro atoms. The van der Waals surface area contributed by atoms with Gasteiger partial charge in [0.05, 0.1) is 13.2 Å². The molecular formula is C29H29NO5. The van der Waals surface area contributed by atoms with Crippen LogP contribution < -0.4 is 9.47 Å². The van der Waals surface area contributed by atoms with Crippen LogP contribution in [0, 0.1) is 0 Å². The molecule has 4 aromatic rings. The van der Waals surface area contributed by atoms with Crippen LogP contribution in [-0.2, 0) is 11.3 Å². The summed E-state index contributed by atoms with van der Waals surface area (Å²) < 4.78 is 18.9. The minimum atomic E-state index is -0.964. The quantitative estimate of drug-likeness (QED) is 0.341. The zero-order valence-corrected chi connectivity index (χ0v) is 19.8. The van der Waals surface area contributed by atoms with Gasteiger partial charge in [0.2, 0.25) is 0 Å². The van der Waals surface area contributed by atoms with Crippen LogP contribution in [0.1, 0.15) is 35.3 Å². The lowest BCUT2D eigenvalue weighted by Crippen LogP contribution is -2.25. The molecule has 1 aromatic heterocycles. The number of carboxylic acid groups (broad SMARTS) is 1. The molecule has 1 fully saturated rings. The van der Waals surface area contributed by atoms with Crippen LogP contribution >= 0.6 is 0 Å². The van der Waals surface area contributed by atoms with Gasteiger partial charge in [-0.25, -0.2) is 4.79 Å². The van der Waals surface area contributed by atoms with Crippen molar-refractivity contribution >= 4 is 16.9 Å². The van der Waals surface area contributed by atoms with Crippen LogP contribution in [0.2, 0.25) is 0 Å². The number of rotatable bonds is 8. The Balaban J connectivity index is 1.50. The first kappa shape index (κ1) is 23.0. The second-order valence-corrected chi connectivity index (χ2v) is 8.81. The van der Waals surface area contributed by atoms with Crippen molar-refractivity contribution in [1.82, 2.24) is 4.57 Å². The Morgan fingerprint density at radius 2 is 1.86 bits per heavy atom. The minimum Gasteiger partial charge on any atom is -0.497 e. The summed E-state index contributed by atoms with van der Waals surface area (Å²) in [4.78, 5) is 12.6. The van der Waals surface area contributed by atoms with E-state index in [0.717, 1.165) is 53.0 Å². The van der Waals surface area contributed by atoms with E-state index in [2.05, 4.69) is 0 Å². The number of nitrogens with zero attached hydrogens (tertiary/aromatic N) is 1. The van der Waals surface area contributed by atoms with Crippen molar-refractivity contribution in [2.75, 3.05) is 20.3 Å². The SMILES string of the molecule is COc1cccc(Cn2c(C(=O)O)c(-c3ccc(OCC4CCCCO4)cc3)c3ccccc32)c1. The largest absolute Gasteiger partial charge is 0.497 e. The maximum absolute atomic E-state index is 12.6. The van der Waals surface area contributed by atoms with Crippen molar-refractivity contribution in [1.29, 1.82) is 0 Å². The highest BCUT2D eigenvalue weighted by atomic mass is 16.5. The monoisotopic (exact) mass is 471 g/mol. The molecule has 0 bridgehead atoms. The highest BCUT2D eigenvalue weighted by Gasteiger charge is 2.24. The van der Waals surface area contributed by atoms with Crippen molar-refractivity contribution in [3.8, 4) is 22.6 Å². The summed E-state index contributed by atoms with van der Waals surface area (Å²) in [5.41, 5.74) is 3.64. The number of aromatic carboxylic acids is 1. The van der Waals surface area contributed by atoms with E-state index >= 15 is 0 Å². The van der Waals surface area contributed by atoms with Gasteiger partial charge in [0.15, 0.2) is 0 Å². The highest BCUT2D eigenvalue weighted by molar-refractivity contribution is 6.08. The number of ether oxygens (including phenoxy) is 3. The van der Waals surface area contributed by atoms with E-state index in [1.807, 2.05) is 77.4 Å². The standard InChI is InChI=1S/C29H29NO5/c1-33-23-9-6-7-20(17-23)18-30-26-11-3-2-10-25(26)27(28(30)29(31)32)21-12-14-22(15-13-21)35-19-24-8-4-5-16-34-24/h2-3,6-7,9-15,17,24H,4-5,8,16,18-19H2,1H3,(H,31,32). The number of hydrogen-bond donors (Lipinski definition) is 1. The lowest BCUT2D eigenvalue weighted by molar-refractivity contribution is -0.0110. The molecule has 0 aliphatic carbocycles. The van der Waals surface area contributed by atoms with E-state index < -0.39 is 5.97 Å². The third-order valence-corrected chi connectivity index (χ3v) is 6.50. The van der Waals surface area contributed by atoms with Crippen molar-refractivity contribution < 1.29 is 24.1 Å². The minimum absolute atomic E-state index is 0.136. The lowest BCUT2D eigenvalue weighted by atomic mass is 10.0. The van der Waals surface area contributed by atoms with Crippen molar-refractivity contribution in [2.24, 2.45) is 0 Å². The molecule has 1 aliphatic heterocycles. The van der Waals surface area contributed by atoms with Gasteiger partial charge in [-0.3, -0.25) is 0 Å². The first-order valence-electron chi connectivity index (χ1n) is 12.0. The Labute approximate surface area is 204 Å². The molecule has 1 aliphatic rings. The molecule has 3 aromatic carbocycles. The van der Waals surface area contributed by atoms with E-state index in [1.54, 1.807) is 7.11 Å². The number of fused-ring (bicyclic) bond motifs is 1. The molecule has 2 heterocycles. The first-order valence-corrected chi connectivity index (χ1v) is 12.0. The van der Waals surface area contributed by atoms with Crippen LogP contribution in [0.15, 0.2) is 72.8 Å². The van der Waals surface area contributed by atoms with Crippen LogP contribution in [0.5, 0.6) is 11.5 Å². The van der Waals surface area contributed by atoms with Crippen molar-refractivity contribution in [2.45, 2.75) is 31.9 Å². The summed E-state index contributed by atoms with van der Waals surface area (Å²) >= 11 is 0. The summed E-state index contributed by atoms with van der Waals surface area (Å²) in [6.07, 6.45) is 3.44. The van der Waals surface area contributed by atoms with Gasteiger partial charge in [0, 0.05) is 29.6 Å². The summed E-state index contributed by atoms with van der Waals surface area (Å²) in [6.45, 7) is 1.74. The Morgan fingerprint density at radius 3 is 2.60 bits per heavy atom. The summed E-state index contributed by atoms with van der Waals surface area (Å²) in [6, 6.07) is 23.2. The Morgan fingerprint density at radius 1 is 1.03 bits per heavy atom. The van der Waals surface area contributed by atoms with E-state index in [4.69, 9.17) is 14.2 Å². The fraction of sp³-hybridized carbons (Fsp3) is 0.276. The lowest BCUT2D eigenvalue weighted by Gasteiger charge is -2.22. The smallest absolute Gasteiger partial charge is 0.353 e. The zero-order chi connectivity index (χ0) is 24.2. The number of hydrogen-bond acceptors (Lipinski definition) is 4. The summed E-state index contributed by atoms with van der Waals surface area (Å²) in [5, 5.41) is 11.2. The van der Waals surface area contributed by atoms with Gasteiger partial charge in [-0.05, 0) is 60.7 Å². The van der Waals surface area contributed by atoms with Gasteiger partial charge < -0.3 is 23.9 Å². The molecule has 0 radical (unpaired) electrons. The van der Waals surface area contributed by atoms with Crippen LogP contribution in [0.3, 0.4) is 0 Å². The fourth-order valence-electron chi connectivity index (χ4n) is 4.78. The predicted molar refractivity (Wildman–Crippen MR) is 136 cm³/mol. The average molecular weight is 472 g/mol. The average Bonchev–Trinajstić information content (AvgIpc) is 3.23. The number of para-hydroxylation sites is 1. The van der Waals surface area contributed by atoms with Crippen LogP contribution in [-0.4, -0.2) is 42.1 Å². The zero-order valence-electron chi connectivity index (χ0n) is 19.8. The molecule has 0 amide bonds. The van der Waals surface area contributed by atoms with Gasteiger partial charge in [0.1, 0.15) is 23.8 Å². The Bertz CT molecular complexity index is 1320. The maximum Gasteiger partial charge on any atom is 0.353 e. The molecule has 1 unspecified atom stereocenters. The molecule has 35 heavy (non-hydrogen) atoms. The molecule has 1 saturated heterocycles. The van der Waals surface area contributed by atoms with E-state index in [0.29, 0.717) is 18.7 Å². The van der Waals surface area contributed by atoms with Crippen molar-refractivity contribution in [3.63, 3.8) is 0 Å². The molecule has 5 rings (SSSR count). The number of carboxylic acids is 1. The third kappa shape index (κ3) is 4.88. The highest BCUT2D eigenvalue weighted by Crippen LogP contribution is 2.36. The summed E-state index contributed by atoms with van der Waals surface area (Å²) in [5.74, 6) is 0.527. The van der Waals surface area contributed by atoms with Gasteiger partial charge in [-0.2, -0.15) is 0 Å². The second kappa shape index (κ2) is 10.2. The van der Waals surface area contributed by atoms with E-state index in [1.165, 1.54) is 6.42 Å². The van der Waals surface area contributed by atoms with E-state index in [-0.39, 0.29) is 11.8 Å². The Hall–Kier alpha value is -3.77. The topological polar surface area (TPSA) is 69.9 Å². The third-order valence-electron chi connectivity index (χ3n) is 6.50. The Kier molecular flexibility index (Phi) is 6.73. The van der Waals surface area contributed by atoms with Gasteiger partial charge in [-0.1, -0.05) is 42.5 Å². The van der Waals surface area contributed by atoms with E-state index in [9.17, 15) is 9.90 Å². The van der Waals surface area contributed by atoms with Crippen LogP contribution in [0.4, 0.5) is 0 Å². The second-order valence-electron chi connectivity index (χ2n) is 8.81. The van der Waals surface area contributed by atoms with Gasteiger partial charge in [0.25, 0.3) is 0 Å².